The number of hydrogen-bond donors (Lipinski definition) is 1. The van der Waals surface area contributed by atoms with Crippen LogP contribution < -0.4 is 4.90 Å². The third-order valence-electron chi connectivity index (χ3n) is 3.35. The molecule has 122 valence electrons. The maximum absolute atomic E-state index is 13.8. The van der Waals surface area contributed by atoms with Crippen molar-refractivity contribution in [1.29, 1.82) is 0 Å². The second kappa shape index (κ2) is 6.60. The van der Waals surface area contributed by atoms with Gasteiger partial charge in [-0.2, -0.15) is 0 Å². The lowest BCUT2D eigenvalue weighted by Gasteiger charge is -2.22. The van der Waals surface area contributed by atoms with Gasteiger partial charge in [0.15, 0.2) is 0 Å². The standard InChI is InChI=1S/C16H17FN2O4/c1-4-23-16(22)12-7-18-14-9(2)5-10(17)6-11(14)15(12)19(3)8-13(20)21/h5-7H,4,8H2,1-3H3,(H,20,21). The SMILES string of the molecule is CCOC(=O)c1cnc2c(C)cc(F)cc2c1N(C)CC(=O)O. The maximum atomic E-state index is 13.8. The van der Waals surface area contributed by atoms with Crippen LogP contribution in [0, 0.1) is 12.7 Å². The minimum Gasteiger partial charge on any atom is -0.480 e. The van der Waals surface area contributed by atoms with Crippen molar-refractivity contribution in [3.63, 3.8) is 0 Å². The van der Waals surface area contributed by atoms with Crippen molar-refractivity contribution in [3.8, 4) is 0 Å². The number of aliphatic carboxylic acids is 1. The van der Waals surface area contributed by atoms with Crippen molar-refractivity contribution in [2.75, 3.05) is 25.1 Å². The molecule has 1 N–H and O–H groups in total. The average molecular weight is 320 g/mol. The molecule has 0 bridgehead atoms. The van der Waals surface area contributed by atoms with E-state index in [4.69, 9.17) is 9.84 Å². The molecule has 7 heteroatoms. The van der Waals surface area contributed by atoms with Crippen molar-refractivity contribution in [2.45, 2.75) is 13.8 Å². The summed E-state index contributed by atoms with van der Waals surface area (Å²) in [5.74, 6) is -2.18. The predicted molar refractivity (Wildman–Crippen MR) is 83.3 cm³/mol. The molecule has 0 unspecified atom stereocenters. The van der Waals surface area contributed by atoms with Gasteiger partial charge in [0.1, 0.15) is 17.9 Å². The quantitative estimate of drug-likeness (QED) is 0.852. The number of halogens is 1. The number of aryl methyl sites for hydroxylation is 1. The number of benzene rings is 1. The minimum absolute atomic E-state index is 0.105. The van der Waals surface area contributed by atoms with Crippen LogP contribution in [0.15, 0.2) is 18.3 Å². The van der Waals surface area contributed by atoms with Crippen LogP contribution in [0.4, 0.5) is 10.1 Å². The van der Waals surface area contributed by atoms with Crippen molar-refractivity contribution < 1.29 is 23.8 Å². The fourth-order valence-electron chi connectivity index (χ4n) is 2.47. The minimum atomic E-state index is -1.07. The third kappa shape index (κ3) is 3.39. The second-order valence-corrected chi connectivity index (χ2v) is 5.11. The zero-order valence-electron chi connectivity index (χ0n) is 13.1. The van der Waals surface area contributed by atoms with E-state index < -0.39 is 17.8 Å². The first kappa shape index (κ1) is 16.7. The van der Waals surface area contributed by atoms with Gasteiger partial charge in [-0.25, -0.2) is 9.18 Å². The van der Waals surface area contributed by atoms with E-state index in [1.165, 1.54) is 30.3 Å². The van der Waals surface area contributed by atoms with E-state index in [9.17, 15) is 14.0 Å². The molecule has 0 atom stereocenters. The highest BCUT2D eigenvalue weighted by molar-refractivity contribution is 6.06. The number of fused-ring (bicyclic) bond motifs is 1. The van der Waals surface area contributed by atoms with E-state index >= 15 is 0 Å². The number of hydrogen-bond acceptors (Lipinski definition) is 5. The molecule has 0 spiro atoms. The number of ether oxygens (including phenoxy) is 1. The van der Waals surface area contributed by atoms with Gasteiger partial charge in [0.25, 0.3) is 0 Å². The number of carboxylic acid groups (broad SMARTS) is 1. The molecule has 0 radical (unpaired) electrons. The fourth-order valence-corrected chi connectivity index (χ4v) is 2.47. The summed E-state index contributed by atoms with van der Waals surface area (Å²) >= 11 is 0. The van der Waals surface area contributed by atoms with Crippen LogP contribution in [-0.2, 0) is 9.53 Å². The molecular weight excluding hydrogens is 303 g/mol. The summed E-state index contributed by atoms with van der Waals surface area (Å²) in [6.45, 7) is 3.18. The summed E-state index contributed by atoms with van der Waals surface area (Å²) < 4.78 is 18.8. The molecule has 0 aliphatic rings. The molecule has 1 aromatic carbocycles. The molecule has 1 aromatic heterocycles. The number of anilines is 1. The van der Waals surface area contributed by atoms with E-state index in [-0.39, 0.29) is 18.7 Å². The molecule has 0 aliphatic heterocycles. The Morgan fingerprint density at radius 1 is 1.39 bits per heavy atom. The Hall–Kier alpha value is -2.70. The van der Waals surface area contributed by atoms with Gasteiger partial charge in [-0.3, -0.25) is 9.78 Å². The molecular formula is C16H17FN2O4. The van der Waals surface area contributed by atoms with Gasteiger partial charge < -0.3 is 14.7 Å². The normalized spacial score (nSPS) is 10.6. The van der Waals surface area contributed by atoms with Crippen LogP contribution in [0.25, 0.3) is 10.9 Å². The van der Waals surface area contributed by atoms with E-state index in [2.05, 4.69) is 4.98 Å². The van der Waals surface area contributed by atoms with Crippen LogP contribution in [0.3, 0.4) is 0 Å². The van der Waals surface area contributed by atoms with Gasteiger partial charge in [-0.15, -0.1) is 0 Å². The van der Waals surface area contributed by atoms with Gasteiger partial charge in [-0.05, 0) is 31.5 Å². The molecule has 2 rings (SSSR count). The van der Waals surface area contributed by atoms with Crippen molar-refractivity contribution in [1.82, 2.24) is 4.98 Å². The number of carbonyl (C=O) groups is 2. The van der Waals surface area contributed by atoms with Gasteiger partial charge in [-0.1, -0.05) is 0 Å². The van der Waals surface area contributed by atoms with Gasteiger partial charge >= 0.3 is 11.9 Å². The second-order valence-electron chi connectivity index (χ2n) is 5.11. The van der Waals surface area contributed by atoms with Crippen LogP contribution in [-0.4, -0.2) is 42.2 Å². The molecule has 0 amide bonds. The molecule has 23 heavy (non-hydrogen) atoms. The third-order valence-corrected chi connectivity index (χ3v) is 3.35. The van der Waals surface area contributed by atoms with Crippen LogP contribution in [0.2, 0.25) is 0 Å². The lowest BCUT2D eigenvalue weighted by molar-refractivity contribution is -0.135. The molecule has 2 aromatic rings. The lowest BCUT2D eigenvalue weighted by atomic mass is 10.0. The predicted octanol–water partition coefficient (Wildman–Crippen LogP) is 2.38. The summed E-state index contributed by atoms with van der Waals surface area (Å²) in [6, 6.07) is 2.58. The maximum Gasteiger partial charge on any atom is 0.341 e. The van der Waals surface area contributed by atoms with E-state index in [0.29, 0.717) is 22.2 Å². The first-order chi connectivity index (χ1) is 10.8. The number of carboxylic acids is 1. The average Bonchev–Trinajstić information content (AvgIpc) is 2.45. The van der Waals surface area contributed by atoms with Gasteiger partial charge in [0, 0.05) is 18.6 Å². The molecule has 0 saturated heterocycles. The van der Waals surface area contributed by atoms with Crippen molar-refractivity contribution in [2.24, 2.45) is 0 Å². The monoisotopic (exact) mass is 320 g/mol. The lowest BCUT2D eigenvalue weighted by Crippen LogP contribution is -2.27. The highest BCUT2D eigenvalue weighted by Crippen LogP contribution is 2.31. The van der Waals surface area contributed by atoms with Gasteiger partial charge in [0.2, 0.25) is 0 Å². The number of carbonyl (C=O) groups excluding carboxylic acids is 1. The number of rotatable bonds is 5. The smallest absolute Gasteiger partial charge is 0.341 e. The highest BCUT2D eigenvalue weighted by Gasteiger charge is 2.22. The van der Waals surface area contributed by atoms with E-state index in [1.807, 2.05) is 0 Å². The number of likely N-dealkylation sites (N-methyl/N-ethyl adjacent to an activating group) is 1. The summed E-state index contributed by atoms with van der Waals surface area (Å²) in [6.07, 6.45) is 1.33. The molecule has 0 aliphatic carbocycles. The first-order valence-corrected chi connectivity index (χ1v) is 7.04. The van der Waals surface area contributed by atoms with Crippen LogP contribution in [0.1, 0.15) is 22.8 Å². The summed E-state index contributed by atoms with van der Waals surface area (Å²) in [5.41, 5.74) is 1.50. The topological polar surface area (TPSA) is 79.7 Å². The Labute approximate surface area is 132 Å². The molecule has 6 nitrogen and oxygen atoms in total. The Morgan fingerprint density at radius 2 is 2.09 bits per heavy atom. The Morgan fingerprint density at radius 3 is 2.70 bits per heavy atom. The zero-order valence-corrected chi connectivity index (χ0v) is 13.1. The Kier molecular flexibility index (Phi) is 4.78. The van der Waals surface area contributed by atoms with E-state index in [0.717, 1.165) is 0 Å². The van der Waals surface area contributed by atoms with Crippen molar-refractivity contribution in [3.05, 3.63) is 35.3 Å². The van der Waals surface area contributed by atoms with Gasteiger partial charge in [0.05, 0.1) is 17.8 Å². The van der Waals surface area contributed by atoms with Crippen LogP contribution >= 0.6 is 0 Å². The molecule has 1 heterocycles. The first-order valence-electron chi connectivity index (χ1n) is 7.04. The van der Waals surface area contributed by atoms with Crippen LogP contribution in [0.5, 0.6) is 0 Å². The van der Waals surface area contributed by atoms with Crippen molar-refractivity contribution >= 4 is 28.5 Å². The van der Waals surface area contributed by atoms with E-state index in [1.54, 1.807) is 13.8 Å². The summed E-state index contributed by atoms with van der Waals surface area (Å²) in [5, 5.41) is 9.38. The highest BCUT2D eigenvalue weighted by atomic mass is 19.1. The summed E-state index contributed by atoms with van der Waals surface area (Å²) in [7, 11) is 1.52. The summed E-state index contributed by atoms with van der Waals surface area (Å²) in [4.78, 5) is 28.7. The zero-order chi connectivity index (χ0) is 17.1. The number of nitrogens with zero attached hydrogens (tertiary/aromatic N) is 2. The largest absolute Gasteiger partial charge is 0.480 e. The number of pyridine rings is 1. The fraction of sp³-hybridized carbons (Fsp3) is 0.312. The number of esters is 1. The molecule has 0 saturated carbocycles. The Bertz CT molecular complexity index is 776. The number of aromatic nitrogens is 1. The Balaban J connectivity index is 2.75. The molecule has 0 fully saturated rings.